The molecule has 0 saturated carbocycles. The van der Waals surface area contributed by atoms with E-state index >= 15 is 0 Å². The van der Waals surface area contributed by atoms with Crippen molar-refractivity contribution in [3.05, 3.63) is 75.3 Å². The SMILES string of the molecule is CCOC(=O)/C(C#N)=C(\O)c1ccc(NC(=O)c2cccc([N+](=O)[O-])c2)cc1. The predicted molar refractivity (Wildman–Crippen MR) is 99.3 cm³/mol. The number of aliphatic hydroxyl groups is 1. The molecule has 0 radical (unpaired) electrons. The van der Waals surface area contributed by atoms with Crippen LogP contribution in [0.1, 0.15) is 22.8 Å². The van der Waals surface area contributed by atoms with E-state index in [9.17, 15) is 24.8 Å². The predicted octanol–water partition coefficient (Wildman–Crippen LogP) is 3.20. The topological polar surface area (TPSA) is 143 Å². The molecule has 2 aromatic carbocycles. The molecule has 28 heavy (non-hydrogen) atoms. The second kappa shape index (κ2) is 8.95. The average Bonchev–Trinajstić information content (AvgIpc) is 2.69. The Labute approximate surface area is 159 Å². The third kappa shape index (κ3) is 4.70. The van der Waals surface area contributed by atoms with E-state index in [-0.39, 0.29) is 23.4 Å². The van der Waals surface area contributed by atoms with Crippen LogP contribution in [0, 0.1) is 21.4 Å². The first-order valence-corrected chi connectivity index (χ1v) is 8.04. The number of benzene rings is 2. The molecule has 0 atom stereocenters. The lowest BCUT2D eigenvalue weighted by Crippen LogP contribution is -2.12. The second-order valence-electron chi connectivity index (χ2n) is 5.39. The molecule has 0 fully saturated rings. The summed E-state index contributed by atoms with van der Waals surface area (Å²) in [4.78, 5) is 34.1. The van der Waals surface area contributed by atoms with Crippen molar-refractivity contribution in [2.75, 3.05) is 11.9 Å². The van der Waals surface area contributed by atoms with E-state index in [1.807, 2.05) is 0 Å². The van der Waals surface area contributed by atoms with E-state index in [1.54, 1.807) is 13.0 Å². The zero-order valence-electron chi connectivity index (χ0n) is 14.7. The summed E-state index contributed by atoms with van der Waals surface area (Å²) in [5.41, 5.74) is -0.105. The number of nitro benzene ring substituents is 1. The van der Waals surface area contributed by atoms with E-state index in [1.165, 1.54) is 42.5 Å². The molecule has 0 unspecified atom stereocenters. The lowest BCUT2D eigenvalue weighted by molar-refractivity contribution is -0.384. The maximum atomic E-state index is 12.2. The van der Waals surface area contributed by atoms with Gasteiger partial charge in [0.05, 0.1) is 11.5 Å². The van der Waals surface area contributed by atoms with Gasteiger partial charge in [-0.1, -0.05) is 6.07 Å². The maximum absolute atomic E-state index is 12.2. The molecule has 9 nitrogen and oxygen atoms in total. The van der Waals surface area contributed by atoms with Gasteiger partial charge < -0.3 is 15.2 Å². The summed E-state index contributed by atoms with van der Waals surface area (Å²) in [6.07, 6.45) is 0. The van der Waals surface area contributed by atoms with Crippen LogP contribution in [0.5, 0.6) is 0 Å². The number of hydrogen-bond donors (Lipinski definition) is 2. The number of nitrogens with zero attached hydrogens (tertiary/aromatic N) is 2. The fourth-order valence-electron chi connectivity index (χ4n) is 2.22. The molecule has 0 spiro atoms. The smallest absolute Gasteiger partial charge is 0.352 e. The van der Waals surface area contributed by atoms with E-state index < -0.39 is 28.1 Å². The molecule has 0 aliphatic rings. The summed E-state index contributed by atoms with van der Waals surface area (Å²) in [7, 11) is 0. The fourth-order valence-corrected chi connectivity index (χ4v) is 2.22. The standard InChI is InChI=1S/C19H15N3O6/c1-2-28-19(25)16(11-20)17(23)12-6-8-14(9-7-12)21-18(24)13-4-3-5-15(10-13)22(26)27/h3-10,23H,2H2,1H3,(H,21,24)/b17-16-. The molecule has 0 aliphatic carbocycles. The number of non-ortho nitro benzene ring substituents is 1. The highest BCUT2D eigenvalue weighted by atomic mass is 16.6. The van der Waals surface area contributed by atoms with Crippen LogP contribution in [0.15, 0.2) is 54.1 Å². The van der Waals surface area contributed by atoms with Crippen LogP contribution in [0.25, 0.3) is 5.76 Å². The third-order valence-corrected chi connectivity index (χ3v) is 3.56. The van der Waals surface area contributed by atoms with Crippen LogP contribution in [0.3, 0.4) is 0 Å². The van der Waals surface area contributed by atoms with Gasteiger partial charge in [-0.2, -0.15) is 5.26 Å². The van der Waals surface area contributed by atoms with Gasteiger partial charge in [0.1, 0.15) is 11.8 Å². The molecule has 9 heteroatoms. The Kier molecular flexibility index (Phi) is 6.44. The fraction of sp³-hybridized carbons (Fsp3) is 0.105. The number of aliphatic hydroxyl groups excluding tert-OH is 1. The van der Waals surface area contributed by atoms with Crippen LogP contribution < -0.4 is 5.32 Å². The molecule has 2 aromatic rings. The number of esters is 1. The van der Waals surface area contributed by atoms with Gasteiger partial charge in [-0.25, -0.2) is 4.79 Å². The lowest BCUT2D eigenvalue weighted by atomic mass is 10.1. The number of carbonyl (C=O) groups is 2. The minimum atomic E-state index is -0.939. The first-order chi connectivity index (χ1) is 13.4. The van der Waals surface area contributed by atoms with Gasteiger partial charge in [0.25, 0.3) is 11.6 Å². The Bertz CT molecular complexity index is 989. The largest absolute Gasteiger partial charge is 0.506 e. The van der Waals surface area contributed by atoms with Crippen LogP contribution >= 0.6 is 0 Å². The Morgan fingerprint density at radius 3 is 2.46 bits per heavy atom. The quantitative estimate of drug-likeness (QED) is 0.195. The Morgan fingerprint density at radius 2 is 1.89 bits per heavy atom. The number of nitriles is 1. The minimum Gasteiger partial charge on any atom is -0.506 e. The lowest BCUT2D eigenvalue weighted by Gasteiger charge is -2.08. The summed E-state index contributed by atoms with van der Waals surface area (Å²) >= 11 is 0. The number of carbonyl (C=O) groups excluding carboxylic acids is 2. The van der Waals surface area contributed by atoms with Crippen molar-refractivity contribution in [2.45, 2.75) is 6.92 Å². The van der Waals surface area contributed by atoms with Gasteiger partial charge in [-0.3, -0.25) is 14.9 Å². The van der Waals surface area contributed by atoms with Gasteiger partial charge >= 0.3 is 5.97 Å². The number of hydrogen-bond acceptors (Lipinski definition) is 7. The van der Waals surface area contributed by atoms with Crippen LogP contribution in [-0.2, 0) is 9.53 Å². The highest BCUT2D eigenvalue weighted by Crippen LogP contribution is 2.20. The van der Waals surface area contributed by atoms with Gasteiger partial charge in [0.2, 0.25) is 0 Å². The summed E-state index contributed by atoms with van der Waals surface area (Å²) in [6, 6.07) is 12.5. The van der Waals surface area contributed by atoms with Crippen molar-refractivity contribution in [1.29, 1.82) is 5.26 Å². The monoisotopic (exact) mass is 381 g/mol. The number of rotatable bonds is 6. The highest BCUT2D eigenvalue weighted by molar-refractivity contribution is 6.05. The molecule has 142 valence electrons. The summed E-state index contributed by atoms with van der Waals surface area (Å²) in [5, 5.41) is 32.5. The van der Waals surface area contributed by atoms with Gasteiger partial charge in [-0.15, -0.1) is 0 Å². The molecule has 0 aromatic heterocycles. The zero-order chi connectivity index (χ0) is 20.7. The molecule has 0 saturated heterocycles. The minimum absolute atomic E-state index is 0.0555. The summed E-state index contributed by atoms with van der Waals surface area (Å²) < 4.78 is 4.71. The molecule has 0 bridgehead atoms. The van der Waals surface area contributed by atoms with Crippen molar-refractivity contribution in [1.82, 2.24) is 0 Å². The normalized spacial score (nSPS) is 11.0. The van der Waals surface area contributed by atoms with Crippen molar-refractivity contribution in [3.63, 3.8) is 0 Å². The van der Waals surface area contributed by atoms with Crippen molar-refractivity contribution < 1.29 is 24.4 Å². The molecule has 0 heterocycles. The molecular formula is C19H15N3O6. The summed E-state index contributed by atoms with van der Waals surface area (Å²) in [5.74, 6) is -2.04. The number of amides is 1. The van der Waals surface area contributed by atoms with E-state index in [4.69, 9.17) is 10.00 Å². The number of anilines is 1. The van der Waals surface area contributed by atoms with Gasteiger partial charge in [-0.05, 0) is 37.3 Å². The average molecular weight is 381 g/mol. The molecular weight excluding hydrogens is 366 g/mol. The van der Waals surface area contributed by atoms with Crippen LogP contribution in [0.2, 0.25) is 0 Å². The number of nitrogens with one attached hydrogen (secondary N) is 1. The van der Waals surface area contributed by atoms with Gasteiger partial charge in [0.15, 0.2) is 5.57 Å². The van der Waals surface area contributed by atoms with Gasteiger partial charge in [0, 0.05) is 28.9 Å². The second-order valence-corrected chi connectivity index (χ2v) is 5.39. The first kappa shape index (κ1) is 20.1. The zero-order valence-corrected chi connectivity index (χ0v) is 14.7. The summed E-state index contributed by atoms with van der Waals surface area (Å²) in [6.45, 7) is 1.63. The highest BCUT2D eigenvalue weighted by Gasteiger charge is 2.18. The molecule has 2 N–H and O–H groups in total. The number of ether oxygens (including phenoxy) is 1. The van der Waals surface area contributed by atoms with E-state index in [0.29, 0.717) is 5.69 Å². The molecule has 0 aliphatic heterocycles. The Morgan fingerprint density at radius 1 is 1.21 bits per heavy atom. The Balaban J connectivity index is 2.20. The maximum Gasteiger partial charge on any atom is 0.352 e. The van der Waals surface area contributed by atoms with Crippen molar-refractivity contribution in [2.24, 2.45) is 0 Å². The van der Waals surface area contributed by atoms with E-state index in [2.05, 4.69) is 5.32 Å². The van der Waals surface area contributed by atoms with Crippen molar-refractivity contribution in [3.8, 4) is 6.07 Å². The Hall–Kier alpha value is -4.19. The molecule has 1 amide bonds. The number of nitro groups is 1. The van der Waals surface area contributed by atoms with Crippen LogP contribution in [-0.4, -0.2) is 28.5 Å². The third-order valence-electron chi connectivity index (χ3n) is 3.56. The molecule has 2 rings (SSSR count). The van der Waals surface area contributed by atoms with Crippen LogP contribution in [0.4, 0.5) is 11.4 Å². The van der Waals surface area contributed by atoms with E-state index in [0.717, 1.165) is 6.07 Å². The first-order valence-electron chi connectivity index (χ1n) is 8.04. The van der Waals surface area contributed by atoms with Crippen molar-refractivity contribution >= 4 is 29.0 Å².